The van der Waals surface area contributed by atoms with Gasteiger partial charge in [-0.1, -0.05) is 12.5 Å². The number of rotatable bonds is 6. The van der Waals surface area contributed by atoms with Crippen LogP contribution >= 0.6 is 0 Å². The Kier molecular flexibility index (Phi) is 7.19. The van der Waals surface area contributed by atoms with Gasteiger partial charge in [-0.05, 0) is 49.9 Å². The number of amides is 1. The smallest absolute Gasteiger partial charge is 0.303 e. The molecule has 3 unspecified atom stereocenters. The number of nitrogens with one attached hydrogen (secondary N) is 1. The van der Waals surface area contributed by atoms with Crippen molar-refractivity contribution in [2.24, 2.45) is 22.0 Å². The minimum absolute atomic E-state index is 0.0537. The molecule has 9 heteroatoms. The van der Waals surface area contributed by atoms with Crippen LogP contribution in [0.25, 0.3) is 0 Å². The summed E-state index contributed by atoms with van der Waals surface area (Å²) in [4.78, 5) is 31.5. The lowest BCUT2D eigenvalue weighted by molar-refractivity contribution is -0.138. The highest BCUT2D eigenvalue weighted by molar-refractivity contribution is 6.10. The molecule has 1 saturated carbocycles. The summed E-state index contributed by atoms with van der Waals surface area (Å²) in [6.45, 7) is 0. The molecule has 0 saturated heterocycles. The van der Waals surface area contributed by atoms with Crippen LogP contribution in [-0.4, -0.2) is 49.6 Å². The van der Waals surface area contributed by atoms with E-state index in [4.69, 9.17) is 5.11 Å². The summed E-state index contributed by atoms with van der Waals surface area (Å²) >= 11 is 0. The Balaban J connectivity index is 1.58. The van der Waals surface area contributed by atoms with E-state index in [1.165, 1.54) is 0 Å². The number of aliphatic carboxylic acids is 1. The Morgan fingerprint density at radius 1 is 0.909 bits per heavy atom. The summed E-state index contributed by atoms with van der Waals surface area (Å²) in [6, 6.07) is 9.29. The van der Waals surface area contributed by atoms with Crippen molar-refractivity contribution in [2.45, 2.75) is 51.0 Å². The zero-order chi connectivity index (χ0) is 23.2. The molecule has 3 heterocycles. The molecule has 0 spiro atoms. The highest BCUT2D eigenvalue weighted by Crippen LogP contribution is 2.36. The molecule has 4 rings (SSSR count). The van der Waals surface area contributed by atoms with Crippen molar-refractivity contribution in [3.05, 3.63) is 54.1 Å². The van der Waals surface area contributed by atoms with Gasteiger partial charge in [-0.2, -0.15) is 10.2 Å². The van der Waals surface area contributed by atoms with Gasteiger partial charge in [-0.3, -0.25) is 19.6 Å². The van der Waals surface area contributed by atoms with E-state index in [1.54, 1.807) is 24.5 Å². The SMILES string of the molecule is O=C(O)CCC(=O)Nc1ccc(C2=NN=C(c3ccccn3)C3CCCC(O)CCC23)nc1. The summed E-state index contributed by atoms with van der Waals surface area (Å²) in [5.41, 5.74) is 3.64. The predicted octanol–water partition coefficient (Wildman–Crippen LogP) is 3.04. The van der Waals surface area contributed by atoms with Crippen LogP contribution in [0.1, 0.15) is 56.3 Å². The average molecular weight is 450 g/mol. The highest BCUT2D eigenvalue weighted by atomic mass is 16.4. The molecule has 1 amide bonds. The summed E-state index contributed by atoms with van der Waals surface area (Å²) in [5.74, 6) is -1.20. The lowest BCUT2D eigenvalue weighted by Gasteiger charge is -2.33. The molecule has 33 heavy (non-hydrogen) atoms. The molecule has 9 nitrogen and oxygen atoms in total. The van der Waals surface area contributed by atoms with Crippen molar-refractivity contribution in [1.29, 1.82) is 0 Å². The van der Waals surface area contributed by atoms with E-state index in [1.807, 2.05) is 18.2 Å². The number of hydrogen-bond acceptors (Lipinski definition) is 7. The van der Waals surface area contributed by atoms with Gasteiger partial charge >= 0.3 is 5.97 Å². The monoisotopic (exact) mass is 449 g/mol. The van der Waals surface area contributed by atoms with Gasteiger partial charge in [0.15, 0.2) is 0 Å². The Labute approximate surface area is 191 Å². The molecule has 0 bridgehead atoms. The largest absolute Gasteiger partial charge is 0.481 e. The van der Waals surface area contributed by atoms with Crippen molar-refractivity contribution in [2.75, 3.05) is 5.32 Å². The second-order valence-corrected chi connectivity index (χ2v) is 8.43. The number of carbonyl (C=O) groups excluding carboxylic acids is 1. The molecule has 1 aliphatic carbocycles. The standard InChI is InChI=1S/C24H27N5O4/c30-16-4-3-5-17-18(9-8-16)24(29-28-23(17)19-6-1-2-13-25-19)20-10-7-15(14-26-20)27-21(31)11-12-22(32)33/h1-2,6-7,10,13-14,16-18,30H,3-5,8-9,11-12H2,(H,27,31)(H,32,33). The molecule has 0 aromatic carbocycles. The van der Waals surface area contributed by atoms with Crippen molar-refractivity contribution in [1.82, 2.24) is 9.97 Å². The molecule has 1 fully saturated rings. The molecular formula is C24H27N5O4. The Hall–Kier alpha value is -3.46. The number of aromatic nitrogens is 2. The van der Waals surface area contributed by atoms with Gasteiger partial charge in [0.2, 0.25) is 5.91 Å². The Bertz CT molecular complexity index is 1050. The molecule has 172 valence electrons. The molecule has 2 aromatic rings. The number of aliphatic hydroxyl groups is 1. The van der Waals surface area contributed by atoms with Crippen LogP contribution in [0, 0.1) is 11.8 Å². The molecule has 1 aliphatic heterocycles. The zero-order valence-electron chi connectivity index (χ0n) is 18.2. The minimum atomic E-state index is -1.02. The number of hydrogen-bond donors (Lipinski definition) is 3. The lowest BCUT2D eigenvalue weighted by Crippen LogP contribution is -2.36. The molecule has 2 aromatic heterocycles. The summed E-state index contributed by atoms with van der Waals surface area (Å²) in [6.07, 6.45) is 6.68. The first-order chi connectivity index (χ1) is 16.0. The van der Waals surface area contributed by atoms with E-state index in [2.05, 4.69) is 25.5 Å². The maximum Gasteiger partial charge on any atom is 0.303 e. The maximum absolute atomic E-state index is 11.9. The van der Waals surface area contributed by atoms with E-state index in [0.29, 0.717) is 17.8 Å². The Morgan fingerprint density at radius 2 is 1.67 bits per heavy atom. The molecule has 2 aliphatic rings. The molecule has 3 atom stereocenters. The van der Waals surface area contributed by atoms with Gasteiger partial charge in [0, 0.05) is 24.5 Å². The zero-order valence-corrected chi connectivity index (χ0v) is 18.2. The third-order valence-electron chi connectivity index (χ3n) is 6.12. The number of nitrogens with zero attached hydrogens (tertiary/aromatic N) is 4. The van der Waals surface area contributed by atoms with E-state index in [9.17, 15) is 14.7 Å². The van der Waals surface area contributed by atoms with Crippen molar-refractivity contribution < 1.29 is 19.8 Å². The molecule has 0 radical (unpaired) electrons. The topological polar surface area (TPSA) is 137 Å². The van der Waals surface area contributed by atoms with Gasteiger partial charge in [0.25, 0.3) is 0 Å². The van der Waals surface area contributed by atoms with Gasteiger partial charge in [0.05, 0.1) is 47.2 Å². The maximum atomic E-state index is 11.9. The summed E-state index contributed by atoms with van der Waals surface area (Å²) in [7, 11) is 0. The van der Waals surface area contributed by atoms with Gasteiger partial charge in [-0.25, -0.2) is 0 Å². The molecule has 3 N–H and O–H groups in total. The van der Waals surface area contributed by atoms with Crippen LogP contribution in [0.4, 0.5) is 5.69 Å². The normalized spacial score (nSPS) is 22.8. The van der Waals surface area contributed by atoms with Crippen LogP contribution in [0.5, 0.6) is 0 Å². The van der Waals surface area contributed by atoms with Crippen LogP contribution in [0.15, 0.2) is 52.9 Å². The number of carbonyl (C=O) groups is 2. The lowest BCUT2D eigenvalue weighted by atomic mass is 9.74. The first kappa shape index (κ1) is 22.7. The quantitative estimate of drug-likeness (QED) is 0.620. The average Bonchev–Trinajstić information content (AvgIpc) is 2.81. The van der Waals surface area contributed by atoms with E-state index >= 15 is 0 Å². The number of anilines is 1. The van der Waals surface area contributed by atoms with Crippen LogP contribution in [0.3, 0.4) is 0 Å². The fourth-order valence-electron chi connectivity index (χ4n) is 4.46. The number of pyridine rings is 2. The number of aliphatic hydroxyl groups excluding tert-OH is 1. The van der Waals surface area contributed by atoms with E-state index < -0.39 is 5.97 Å². The summed E-state index contributed by atoms with van der Waals surface area (Å²) < 4.78 is 0. The Morgan fingerprint density at radius 3 is 2.33 bits per heavy atom. The second-order valence-electron chi connectivity index (χ2n) is 8.43. The van der Waals surface area contributed by atoms with Gasteiger partial charge in [-0.15, -0.1) is 0 Å². The second kappa shape index (κ2) is 10.4. The third-order valence-corrected chi connectivity index (χ3v) is 6.12. The molecular weight excluding hydrogens is 422 g/mol. The predicted molar refractivity (Wildman–Crippen MR) is 123 cm³/mol. The summed E-state index contributed by atoms with van der Waals surface area (Å²) in [5, 5.41) is 30.7. The van der Waals surface area contributed by atoms with E-state index in [0.717, 1.165) is 42.8 Å². The van der Waals surface area contributed by atoms with Gasteiger partial charge in [0.1, 0.15) is 0 Å². The third kappa shape index (κ3) is 5.67. The van der Waals surface area contributed by atoms with Crippen LogP contribution < -0.4 is 5.32 Å². The van der Waals surface area contributed by atoms with E-state index in [-0.39, 0.29) is 36.7 Å². The number of carboxylic acid groups (broad SMARTS) is 1. The minimum Gasteiger partial charge on any atom is -0.481 e. The first-order valence-electron chi connectivity index (χ1n) is 11.2. The number of fused-ring (bicyclic) bond motifs is 1. The number of carboxylic acids is 1. The van der Waals surface area contributed by atoms with Crippen LogP contribution in [-0.2, 0) is 9.59 Å². The van der Waals surface area contributed by atoms with Crippen molar-refractivity contribution >= 4 is 29.0 Å². The van der Waals surface area contributed by atoms with Crippen LogP contribution in [0.2, 0.25) is 0 Å². The fraction of sp³-hybridized carbons (Fsp3) is 0.417. The van der Waals surface area contributed by atoms with Gasteiger partial charge < -0.3 is 15.5 Å². The first-order valence-corrected chi connectivity index (χ1v) is 11.2. The highest BCUT2D eigenvalue weighted by Gasteiger charge is 2.37. The van der Waals surface area contributed by atoms with Crippen molar-refractivity contribution in [3.63, 3.8) is 0 Å². The van der Waals surface area contributed by atoms with Crippen molar-refractivity contribution in [3.8, 4) is 0 Å². The fourth-order valence-corrected chi connectivity index (χ4v) is 4.46.